The van der Waals surface area contributed by atoms with Crippen molar-refractivity contribution in [3.05, 3.63) is 33.8 Å². The third kappa shape index (κ3) is 2.34. The summed E-state index contributed by atoms with van der Waals surface area (Å²) in [7, 11) is 0. The average molecular weight is 348 g/mol. The van der Waals surface area contributed by atoms with Crippen LogP contribution in [0.1, 0.15) is 54.4 Å². The van der Waals surface area contributed by atoms with E-state index < -0.39 is 0 Å². The van der Waals surface area contributed by atoms with E-state index in [1.165, 1.54) is 38.5 Å². The smallest absolute Gasteiger partial charge is 0.252 e. The van der Waals surface area contributed by atoms with Crippen molar-refractivity contribution in [2.45, 2.75) is 51.0 Å². The number of amides is 1. The van der Waals surface area contributed by atoms with E-state index in [1.54, 1.807) is 0 Å². The summed E-state index contributed by atoms with van der Waals surface area (Å²) >= 11 is 3.53. The van der Waals surface area contributed by atoms with Crippen LogP contribution in [0.3, 0.4) is 0 Å². The van der Waals surface area contributed by atoms with E-state index in [9.17, 15) is 4.79 Å². The predicted octanol–water partition coefficient (Wildman–Crippen LogP) is 4.46. The maximum atomic E-state index is 12.8. The summed E-state index contributed by atoms with van der Waals surface area (Å²) in [5.74, 6) is 2.70. The Balaban J connectivity index is 1.58. The first-order valence-corrected chi connectivity index (χ1v) is 8.92. The molecule has 1 aromatic rings. The molecule has 2 nitrogen and oxygen atoms in total. The molecule has 1 amide bonds. The maximum absolute atomic E-state index is 12.8. The molecule has 4 bridgehead atoms. The van der Waals surface area contributed by atoms with Crippen LogP contribution < -0.4 is 5.32 Å². The fourth-order valence-corrected chi connectivity index (χ4v) is 5.79. The van der Waals surface area contributed by atoms with Gasteiger partial charge in [0.25, 0.3) is 5.91 Å². The van der Waals surface area contributed by atoms with Gasteiger partial charge in [0, 0.05) is 15.6 Å². The monoisotopic (exact) mass is 347 g/mol. The van der Waals surface area contributed by atoms with Gasteiger partial charge in [0.1, 0.15) is 0 Å². The fourth-order valence-electron chi connectivity index (χ4n) is 5.43. The first kappa shape index (κ1) is 13.8. The number of nitrogens with one attached hydrogen (secondary N) is 1. The molecule has 1 N–H and O–H groups in total. The number of halogens is 1. The van der Waals surface area contributed by atoms with Crippen LogP contribution in [0.5, 0.6) is 0 Å². The van der Waals surface area contributed by atoms with Crippen molar-refractivity contribution in [3.63, 3.8) is 0 Å². The fraction of sp³-hybridized carbons (Fsp3) is 0.611. The van der Waals surface area contributed by atoms with Crippen LogP contribution in [0.4, 0.5) is 0 Å². The predicted molar refractivity (Wildman–Crippen MR) is 87.2 cm³/mol. The van der Waals surface area contributed by atoms with E-state index in [0.29, 0.717) is 0 Å². The summed E-state index contributed by atoms with van der Waals surface area (Å²) in [6.07, 6.45) is 7.84. The summed E-state index contributed by atoms with van der Waals surface area (Å²) in [6.45, 7) is 2.01. The lowest BCUT2D eigenvalue weighted by molar-refractivity contribution is -0.0167. The molecule has 4 aliphatic rings. The second kappa shape index (κ2) is 4.84. The van der Waals surface area contributed by atoms with E-state index in [4.69, 9.17) is 0 Å². The standard InChI is InChI=1S/C18H22BrNO/c1-11-15(3-2-4-16(11)19)17(21)20-18-8-12-5-13(9-18)7-14(6-12)10-18/h2-4,12-14H,5-10H2,1H3,(H,20,21). The third-order valence-corrected chi connectivity index (χ3v) is 6.79. The minimum Gasteiger partial charge on any atom is -0.347 e. The van der Waals surface area contributed by atoms with Crippen molar-refractivity contribution >= 4 is 21.8 Å². The molecule has 5 rings (SSSR count). The molecule has 21 heavy (non-hydrogen) atoms. The van der Waals surface area contributed by atoms with E-state index in [0.717, 1.165) is 33.4 Å². The average Bonchev–Trinajstić information content (AvgIpc) is 2.39. The van der Waals surface area contributed by atoms with Crippen LogP contribution in [-0.2, 0) is 0 Å². The van der Waals surface area contributed by atoms with Gasteiger partial charge in [-0.05, 0) is 80.9 Å². The summed E-state index contributed by atoms with van der Waals surface area (Å²) < 4.78 is 1.01. The number of rotatable bonds is 2. The lowest BCUT2D eigenvalue weighted by atomic mass is 9.53. The normalized spacial score (nSPS) is 36.8. The molecule has 0 atom stereocenters. The van der Waals surface area contributed by atoms with Gasteiger partial charge in [-0.1, -0.05) is 22.0 Å². The number of hydrogen-bond donors (Lipinski definition) is 1. The quantitative estimate of drug-likeness (QED) is 0.840. The molecular weight excluding hydrogens is 326 g/mol. The molecule has 0 aromatic heterocycles. The first-order chi connectivity index (χ1) is 10.0. The molecule has 112 valence electrons. The molecule has 4 saturated carbocycles. The van der Waals surface area contributed by atoms with Gasteiger partial charge < -0.3 is 5.32 Å². The van der Waals surface area contributed by atoms with Crippen LogP contribution in [0.2, 0.25) is 0 Å². The molecule has 0 spiro atoms. The van der Waals surface area contributed by atoms with Gasteiger partial charge in [0.15, 0.2) is 0 Å². The molecule has 0 saturated heterocycles. The summed E-state index contributed by atoms with van der Waals surface area (Å²) in [5, 5.41) is 3.45. The first-order valence-electron chi connectivity index (χ1n) is 8.12. The molecular formula is C18H22BrNO. The molecule has 0 heterocycles. The molecule has 4 aliphatic carbocycles. The van der Waals surface area contributed by atoms with Crippen molar-refractivity contribution in [2.24, 2.45) is 17.8 Å². The van der Waals surface area contributed by atoms with E-state index >= 15 is 0 Å². The highest BCUT2D eigenvalue weighted by Gasteiger charge is 2.51. The van der Waals surface area contributed by atoms with Gasteiger partial charge in [0.05, 0.1) is 0 Å². The molecule has 0 unspecified atom stereocenters. The van der Waals surface area contributed by atoms with Gasteiger partial charge >= 0.3 is 0 Å². The molecule has 0 radical (unpaired) electrons. The number of carbonyl (C=O) groups excluding carboxylic acids is 1. The number of hydrogen-bond acceptors (Lipinski definition) is 1. The van der Waals surface area contributed by atoms with Crippen LogP contribution in [0.25, 0.3) is 0 Å². The highest BCUT2D eigenvalue weighted by molar-refractivity contribution is 9.10. The second-order valence-corrected chi connectivity index (χ2v) is 8.42. The van der Waals surface area contributed by atoms with Gasteiger partial charge in [-0.25, -0.2) is 0 Å². The zero-order chi connectivity index (χ0) is 14.6. The van der Waals surface area contributed by atoms with Crippen LogP contribution in [0.15, 0.2) is 22.7 Å². The summed E-state index contributed by atoms with van der Waals surface area (Å²) in [5.41, 5.74) is 1.96. The van der Waals surface area contributed by atoms with Crippen molar-refractivity contribution in [2.75, 3.05) is 0 Å². The van der Waals surface area contributed by atoms with Crippen molar-refractivity contribution in [1.29, 1.82) is 0 Å². The van der Waals surface area contributed by atoms with Gasteiger partial charge in [0.2, 0.25) is 0 Å². The zero-order valence-electron chi connectivity index (χ0n) is 12.5. The minimum atomic E-state index is 0.0978. The Hall–Kier alpha value is -0.830. The van der Waals surface area contributed by atoms with Crippen LogP contribution >= 0.6 is 15.9 Å². The van der Waals surface area contributed by atoms with E-state index in [-0.39, 0.29) is 11.4 Å². The summed E-state index contributed by atoms with van der Waals surface area (Å²) in [6, 6.07) is 5.89. The Labute approximate surface area is 134 Å². The van der Waals surface area contributed by atoms with Crippen molar-refractivity contribution < 1.29 is 4.79 Å². The van der Waals surface area contributed by atoms with E-state index in [1.807, 2.05) is 25.1 Å². The van der Waals surface area contributed by atoms with Gasteiger partial charge in [-0.2, -0.15) is 0 Å². The highest BCUT2D eigenvalue weighted by atomic mass is 79.9. The molecule has 1 aromatic carbocycles. The van der Waals surface area contributed by atoms with Gasteiger partial charge in [-0.3, -0.25) is 4.79 Å². The highest BCUT2D eigenvalue weighted by Crippen LogP contribution is 2.55. The topological polar surface area (TPSA) is 29.1 Å². The Kier molecular flexibility index (Phi) is 3.18. The van der Waals surface area contributed by atoms with E-state index in [2.05, 4.69) is 21.2 Å². The Bertz CT molecular complexity index is 560. The Morgan fingerprint density at radius 3 is 2.29 bits per heavy atom. The second-order valence-electron chi connectivity index (χ2n) is 7.56. The lowest BCUT2D eigenvalue weighted by Gasteiger charge is -2.56. The van der Waals surface area contributed by atoms with Crippen LogP contribution in [0, 0.1) is 24.7 Å². The SMILES string of the molecule is Cc1c(Br)cccc1C(=O)NC12CC3CC(CC(C3)C1)C2. The van der Waals surface area contributed by atoms with Crippen molar-refractivity contribution in [3.8, 4) is 0 Å². The number of carbonyl (C=O) groups is 1. The third-order valence-electron chi connectivity index (χ3n) is 5.93. The number of benzene rings is 1. The zero-order valence-corrected chi connectivity index (χ0v) is 14.1. The molecule has 0 aliphatic heterocycles. The molecule has 4 fully saturated rings. The molecule has 3 heteroatoms. The largest absolute Gasteiger partial charge is 0.347 e. The summed E-state index contributed by atoms with van der Waals surface area (Å²) in [4.78, 5) is 12.8. The van der Waals surface area contributed by atoms with Crippen molar-refractivity contribution in [1.82, 2.24) is 5.32 Å². The van der Waals surface area contributed by atoms with Crippen LogP contribution in [-0.4, -0.2) is 11.4 Å². The Morgan fingerprint density at radius 1 is 1.14 bits per heavy atom. The van der Waals surface area contributed by atoms with Gasteiger partial charge in [-0.15, -0.1) is 0 Å². The maximum Gasteiger partial charge on any atom is 0.252 e. The Morgan fingerprint density at radius 2 is 1.71 bits per heavy atom. The minimum absolute atomic E-state index is 0.0978. The lowest BCUT2D eigenvalue weighted by Crippen LogP contribution is -2.59.